The maximum atomic E-state index is 9.85. The first kappa shape index (κ1) is 19.2. The summed E-state index contributed by atoms with van der Waals surface area (Å²) in [5, 5.41) is 20.9. The van der Waals surface area contributed by atoms with E-state index >= 15 is 0 Å². The lowest BCUT2D eigenvalue weighted by atomic mass is 10.1. The van der Waals surface area contributed by atoms with Crippen LogP contribution in [0.25, 0.3) is 0 Å². The normalized spacial score (nSPS) is 21.6. The van der Waals surface area contributed by atoms with E-state index in [1.165, 1.54) is 11.3 Å². The zero-order valence-corrected chi connectivity index (χ0v) is 16.2. The predicted molar refractivity (Wildman–Crippen MR) is 99.6 cm³/mol. The van der Waals surface area contributed by atoms with Crippen LogP contribution in [-0.2, 0) is 13.6 Å². The first-order chi connectivity index (χ1) is 10.0. The van der Waals surface area contributed by atoms with Crippen LogP contribution in [0.5, 0.6) is 0 Å². The molecule has 0 amide bonds. The number of nitrogens with one attached hydrogen (secondary N) is 2. The summed E-state index contributed by atoms with van der Waals surface area (Å²) in [6, 6.07) is 0. The quantitative estimate of drug-likeness (QED) is 0.391. The van der Waals surface area contributed by atoms with E-state index in [0.717, 1.165) is 37.5 Å². The zero-order valence-electron chi connectivity index (χ0n) is 13.9. The Kier molecular flexibility index (Phi) is 7.61. The molecule has 6 nitrogen and oxygen atoms in total. The minimum absolute atomic E-state index is 0. The van der Waals surface area contributed by atoms with Crippen LogP contribution in [0, 0.1) is 19.8 Å². The van der Waals surface area contributed by atoms with Crippen molar-refractivity contribution < 1.29 is 5.11 Å². The van der Waals surface area contributed by atoms with E-state index < -0.39 is 0 Å². The number of aromatic nitrogens is 2. The predicted octanol–water partition coefficient (Wildman–Crippen LogP) is 1.48. The second kappa shape index (κ2) is 8.71. The second-order valence-corrected chi connectivity index (χ2v) is 5.84. The van der Waals surface area contributed by atoms with E-state index in [-0.39, 0.29) is 30.1 Å². The Morgan fingerprint density at radius 3 is 2.59 bits per heavy atom. The maximum Gasteiger partial charge on any atom is 0.191 e. The largest absolute Gasteiger partial charge is 0.393 e. The molecule has 126 valence electrons. The molecule has 0 aromatic carbocycles. The third kappa shape index (κ3) is 4.58. The Morgan fingerprint density at radius 1 is 1.36 bits per heavy atom. The van der Waals surface area contributed by atoms with Gasteiger partial charge in [-0.2, -0.15) is 5.10 Å². The molecule has 2 unspecified atom stereocenters. The van der Waals surface area contributed by atoms with E-state index in [2.05, 4.69) is 27.6 Å². The van der Waals surface area contributed by atoms with Gasteiger partial charge in [0.05, 0.1) is 11.8 Å². The Hall–Kier alpha value is -0.830. The van der Waals surface area contributed by atoms with Crippen molar-refractivity contribution in [1.82, 2.24) is 20.4 Å². The molecule has 3 N–H and O–H groups in total. The molecule has 1 fully saturated rings. The summed E-state index contributed by atoms with van der Waals surface area (Å²) in [5.41, 5.74) is 3.42. The molecule has 1 aliphatic rings. The fraction of sp³-hybridized carbons (Fsp3) is 0.733. The Labute approximate surface area is 149 Å². The molecule has 1 aromatic rings. The topological polar surface area (TPSA) is 74.5 Å². The third-order valence-electron chi connectivity index (χ3n) is 4.47. The molecule has 1 aromatic heterocycles. The molecule has 2 atom stereocenters. The standard InChI is InChI=1S/C15H27N5O.HI/c1-10-13(11(2)20(4)19-10)9-18-15(16-3)17-8-12-6-5-7-14(12)21;/h12,14,21H,5-9H2,1-4H3,(H2,16,17,18);1H. The fourth-order valence-corrected chi connectivity index (χ4v) is 2.95. The maximum absolute atomic E-state index is 9.85. The molecule has 0 aliphatic heterocycles. The number of aliphatic hydroxyl groups excluding tert-OH is 1. The number of hydrogen-bond donors (Lipinski definition) is 3. The van der Waals surface area contributed by atoms with Crippen molar-refractivity contribution in [3.63, 3.8) is 0 Å². The average molecular weight is 421 g/mol. The van der Waals surface area contributed by atoms with Crippen molar-refractivity contribution >= 4 is 29.9 Å². The van der Waals surface area contributed by atoms with Gasteiger partial charge in [0, 0.05) is 44.4 Å². The van der Waals surface area contributed by atoms with Crippen LogP contribution >= 0.6 is 24.0 Å². The van der Waals surface area contributed by atoms with Crippen molar-refractivity contribution in [1.29, 1.82) is 0 Å². The summed E-state index contributed by atoms with van der Waals surface area (Å²) in [7, 11) is 3.73. The number of aryl methyl sites for hydroxylation is 2. The van der Waals surface area contributed by atoms with E-state index in [0.29, 0.717) is 12.5 Å². The summed E-state index contributed by atoms with van der Waals surface area (Å²) >= 11 is 0. The molecule has 1 heterocycles. The summed E-state index contributed by atoms with van der Waals surface area (Å²) in [4.78, 5) is 4.24. The van der Waals surface area contributed by atoms with Gasteiger partial charge in [0.25, 0.3) is 0 Å². The molecule has 2 rings (SSSR count). The molecule has 0 bridgehead atoms. The number of aliphatic hydroxyl groups is 1. The lowest BCUT2D eigenvalue weighted by Gasteiger charge is -2.18. The molecule has 1 aliphatic carbocycles. The molecule has 0 radical (unpaired) electrons. The number of hydrogen-bond acceptors (Lipinski definition) is 3. The van der Waals surface area contributed by atoms with Gasteiger partial charge in [-0.1, -0.05) is 6.42 Å². The van der Waals surface area contributed by atoms with Gasteiger partial charge in [0.15, 0.2) is 5.96 Å². The van der Waals surface area contributed by atoms with E-state index in [9.17, 15) is 5.11 Å². The van der Waals surface area contributed by atoms with Crippen molar-refractivity contribution in [3.8, 4) is 0 Å². The summed E-state index contributed by atoms with van der Waals surface area (Å²) in [6.07, 6.45) is 2.96. The zero-order chi connectivity index (χ0) is 15.4. The lowest BCUT2D eigenvalue weighted by molar-refractivity contribution is 0.134. The van der Waals surface area contributed by atoms with Gasteiger partial charge in [-0.05, 0) is 26.7 Å². The SMILES string of the molecule is CN=C(NCc1c(C)nn(C)c1C)NCC1CCCC1O.I. The number of aliphatic imine (C=N–C) groups is 1. The van der Waals surface area contributed by atoms with E-state index in [1.807, 2.05) is 18.7 Å². The minimum atomic E-state index is -0.168. The summed E-state index contributed by atoms with van der Waals surface area (Å²) in [5.74, 6) is 1.11. The first-order valence-electron chi connectivity index (χ1n) is 7.64. The van der Waals surface area contributed by atoms with E-state index in [4.69, 9.17) is 0 Å². The van der Waals surface area contributed by atoms with Gasteiger partial charge >= 0.3 is 0 Å². The highest BCUT2D eigenvalue weighted by molar-refractivity contribution is 14.0. The summed E-state index contributed by atoms with van der Waals surface area (Å²) < 4.78 is 1.90. The van der Waals surface area contributed by atoms with Gasteiger partial charge in [-0.3, -0.25) is 9.67 Å². The van der Waals surface area contributed by atoms with Crippen LogP contribution in [0.2, 0.25) is 0 Å². The molecular formula is C15H28IN5O. The Balaban J connectivity index is 0.00000242. The first-order valence-corrected chi connectivity index (χ1v) is 7.64. The highest BCUT2D eigenvalue weighted by atomic mass is 127. The monoisotopic (exact) mass is 421 g/mol. The van der Waals surface area contributed by atoms with Gasteiger partial charge < -0.3 is 15.7 Å². The van der Waals surface area contributed by atoms with Crippen LogP contribution < -0.4 is 10.6 Å². The van der Waals surface area contributed by atoms with Gasteiger partial charge in [0.2, 0.25) is 0 Å². The molecule has 0 saturated heterocycles. The highest BCUT2D eigenvalue weighted by Crippen LogP contribution is 2.24. The van der Waals surface area contributed by atoms with Crippen molar-refractivity contribution in [2.24, 2.45) is 18.0 Å². The van der Waals surface area contributed by atoms with Gasteiger partial charge in [-0.25, -0.2) is 0 Å². The number of halogens is 1. The van der Waals surface area contributed by atoms with Crippen LogP contribution in [0.15, 0.2) is 4.99 Å². The number of nitrogens with zero attached hydrogens (tertiary/aromatic N) is 3. The molecule has 7 heteroatoms. The van der Waals surface area contributed by atoms with Gasteiger partial charge in [-0.15, -0.1) is 24.0 Å². The Morgan fingerprint density at radius 2 is 2.09 bits per heavy atom. The molecule has 1 saturated carbocycles. The van der Waals surface area contributed by atoms with Crippen LogP contribution in [0.4, 0.5) is 0 Å². The van der Waals surface area contributed by atoms with Crippen molar-refractivity contribution in [3.05, 3.63) is 17.0 Å². The smallest absolute Gasteiger partial charge is 0.191 e. The average Bonchev–Trinajstić information content (AvgIpc) is 2.96. The third-order valence-corrected chi connectivity index (χ3v) is 4.47. The number of guanidine groups is 1. The second-order valence-electron chi connectivity index (χ2n) is 5.84. The fourth-order valence-electron chi connectivity index (χ4n) is 2.95. The molecule has 0 spiro atoms. The highest BCUT2D eigenvalue weighted by Gasteiger charge is 2.25. The van der Waals surface area contributed by atoms with Crippen molar-refractivity contribution in [2.75, 3.05) is 13.6 Å². The van der Waals surface area contributed by atoms with Crippen molar-refractivity contribution in [2.45, 2.75) is 45.8 Å². The lowest BCUT2D eigenvalue weighted by Crippen LogP contribution is -2.40. The van der Waals surface area contributed by atoms with E-state index in [1.54, 1.807) is 7.05 Å². The van der Waals surface area contributed by atoms with Crippen LogP contribution in [0.1, 0.15) is 36.2 Å². The number of rotatable bonds is 4. The van der Waals surface area contributed by atoms with Crippen LogP contribution in [-0.4, -0.2) is 40.5 Å². The minimum Gasteiger partial charge on any atom is -0.393 e. The molecular weight excluding hydrogens is 393 g/mol. The Bertz CT molecular complexity index is 514. The van der Waals surface area contributed by atoms with Crippen LogP contribution in [0.3, 0.4) is 0 Å². The molecule has 22 heavy (non-hydrogen) atoms. The van der Waals surface area contributed by atoms with Gasteiger partial charge in [0.1, 0.15) is 0 Å². The summed E-state index contributed by atoms with van der Waals surface area (Å²) in [6.45, 7) is 5.57.